The molecule has 2 fully saturated rings. The Morgan fingerprint density at radius 1 is 1.27 bits per heavy atom. The van der Waals surface area contributed by atoms with E-state index < -0.39 is 12.2 Å². The van der Waals surface area contributed by atoms with Crippen LogP contribution in [0.1, 0.15) is 30.5 Å². The summed E-state index contributed by atoms with van der Waals surface area (Å²) in [7, 11) is 1.75. The molecule has 8 heteroatoms. The lowest BCUT2D eigenvalue weighted by molar-refractivity contribution is -0.139. The minimum Gasteiger partial charge on any atom is -0.310 e. The Kier molecular flexibility index (Phi) is 5.15. The quantitative estimate of drug-likeness (QED) is 0.767. The third-order valence-electron chi connectivity index (χ3n) is 6.02. The summed E-state index contributed by atoms with van der Waals surface area (Å²) in [5.74, 6) is -0.163. The van der Waals surface area contributed by atoms with Gasteiger partial charge in [0.25, 0.3) is 5.91 Å². The maximum Gasteiger partial charge on any atom is 0.328 e. The Bertz CT molecular complexity index is 942. The standard InChI is InChI=1S/C22H30N6O2/c1-13(2)10-28-21-23-19-18(26(21)11-16(5)24-28)20(29)27(22(30)25(19)6)12-17-9-14(3)7-8-15(17)4/h7-9,18-19,21,23H,1,10-12H2,2-6H3. The van der Waals surface area contributed by atoms with Gasteiger partial charge < -0.3 is 4.90 Å². The number of imide groups is 1. The van der Waals surface area contributed by atoms with Gasteiger partial charge in [0.1, 0.15) is 12.2 Å². The van der Waals surface area contributed by atoms with Crippen LogP contribution in [0.3, 0.4) is 0 Å². The number of amides is 3. The van der Waals surface area contributed by atoms with Gasteiger partial charge in [0.2, 0.25) is 0 Å². The van der Waals surface area contributed by atoms with Gasteiger partial charge >= 0.3 is 6.03 Å². The van der Waals surface area contributed by atoms with Crippen LogP contribution >= 0.6 is 0 Å². The zero-order valence-electron chi connectivity index (χ0n) is 18.3. The molecule has 0 radical (unpaired) electrons. The maximum absolute atomic E-state index is 13.6. The molecule has 2 saturated heterocycles. The van der Waals surface area contributed by atoms with Crippen LogP contribution in [0, 0.1) is 13.8 Å². The molecule has 3 aliphatic heterocycles. The van der Waals surface area contributed by atoms with E-state index in [2.05, 4.69) is 21.9 Å². The number of likely N-dealkylation sites (N-methyl/N-ethyl adjacent to an activating group) is 1. The van der Waals surface area contributed by atoms with Gasteiger partial charge in [-0.1, -0.05) is 35.9 Å². The number of aryl methyl sites for hydroxylation is 2. The topological polar surface area (TPSA) is 71.5 Å². The highest BCUT2D eigenvalue weighted by molar-refractivity contribution is 6.01. The molecule has 0 aliphatic carbocycles. The Labute approximate surface area is 177 Å². The smallest absolute Gasteiger partial charge is 0.310 e. The van der Waals surface area contributed by atoms with Crippen molar-refractivity contribution >= 4 is 17.6 Å². The predicted octanol–water partition coefficient (Wildman–Crippen LogP) is 1.85. The summed E-state index contributed by atoms with van der Waals surface area (Å²) in [5.41, 5.74) is 5.09. The first-order valence-electron chi connectivity index (χ1n) is 10.3. The van der Waals surface area contributed by atoms with Gasteiger partial charge in [0, 0.05) is 19.3 Å². The highest BCUT2D eigenvalue weighted by atomic mass is 16.2. The first-order valence-corrected chi connectivity index (χ1v) is 10.3. The minimum atomic E-state index is -0.458. The maximum atomic E-state index is 13.6. The second kappa shape index (κ2) is 7.52. The number of hydrogen-bond donors (Lipinski definition) is 1. The number of nitrogens with one attached hydrogen (secondary N) is 1. The van der Waals surface area contributed by atoms with E-state index >= 15 is 0 Å². The number of rotatable bonds is 4. The Morgan fingerprint density at radius 3 is 2.70 bits per heavy atom. The highest BCUT2D eigenvalue weighted by Crippen LogP contribution is 2.31. The molecule has 3 heterocycles. The summed E-state index contributed by atoms with van der Waals surface area (Å²) in [6.07, 6.45) is -0.640. The molecule has 1 aromatic carbocycles. The summed E-state index contributed by atoms with van der Waals surface area (Å²) in [6, 6.07) is 5.38. The van der Waals surface area contributed by atoms with E-state index in [-0.39, 0.29) is 24.8 Å². The normalized spacial score (nSPS) is 26.6. The fraction of sp³-hybridized carbons (Fsp3) is 0.500. The molecule has 1 aromatic rings. The first kappa shape index (κ1) is 20.6. The van der Waals surface area contributed by atoms with Crippen molar-refractivity contribution in [3.05, 3.63) is 47.0 Å². The third kappa shape index (κ3) is 3.40. The Balaban J connectivity index is 1.65. The second-order valence-electron chi connectivity index (χ2n) is 8.74. The molecule has 3 unspecified atom stereocenters. The molecule has 3 atom stereocenters. The largest absolute Gasteiger partial charge is 0.328 e. The SMILES string of the molecule is C=C(C)CN1N=C(C)CN2C3C(=O)N(Cc4cc(C)ccc4C)C(=O)N(C)C3NC12. The molecule has 3 aliphatic rings. The molecule has 0 bridgehead atoms. The van der Waals surface area contributed by atoms with Gasteiger partial charge in [-0.3, -0.25) is 20.0 Å². The number of carbonyl (C=O) groups is 2. The van der Waals surface area contributed by atoms with Crippen molar-refractivity contribution in [2.45, 2.75) is 52.7 Å². The summed E-state index contributed by atoms with van der Waals surface area (Å²) in [5, 5.41) is 10.0. The van der Waals surface area contributed by atoms with Crippen LogP contribution in [-0.2, 0) is 11.3 Å². The molecule has 3 amide bonds. The molecule has 8 nitrogen and oxygen atoms in total. The lowest BCUT2D eigenvalue weighted by atomic mass is 10.0. The van der Waals surface area contributed by atoms with Crippen LogP contribution in [0.25, 0.3) is 0 Å². The van der Waals surface area contributed by atoms with Gasteiger partial charge in [-0.25, -0.2) is 9.69 Å². The minimum absolute atomic E-state index is 0.163. The van der Waals surface area contributed by atoms with Crippen molar-refractivity contribution in [3.63, 3.8) is 0 Å². The van der Waals surface area contributed by atoms with Crippen LogP contribution in [-0.4, -0.2) is 76.0 Å². The van der Waals surface area contributed by atoms with Crippen LogP contribution in [0.4, 0.5) is 4.79 Å². The average molecular weight is 411 g/mol. The number of nitrogens with zero attached hydrogens (tertiary/aromatic N) is 5. The van der Waals surface area contributed by atoms with E-state index in [1.807, 2.05) is 50.9 Å². The predicted molar refractivity (Wildman–Crippen MR) is 115 cm³/mol. The summed E-state index contributed by atoms with van der Waals surface area (Å²) < 4.78 is 0. The Morgan fingerprint density at radius 2 is 2.00 bits per heavy atom. The molecular formula is C22H30N6O2. The molecule has 0 aromatic heterocycles. The van der Waals surface area contributed by atoms with Crippen molar-refractivity contribution in [1.82, 2.24) is 25.0 Å². The van der Waals surface area contributed by atoms with E-state index in [0.717, 1.165) is 28.0 Å². The van der Waals surface area contributed by atoms with E-state index in [9.17, 15) is 9.59 Å². The molecule has 1 N–H and O–H groups in total. The van der Waals surface area contributed by atoms with Gasteiger partial charge in [-0.2, -0.15) is 5.10 Å². The van der Waals surface area contributed by atoms with Gasteiger partial charge in [0.05, 0.1) is 13.1 Å². The molecule has 4 rings (SSSR count). The van der Waals surface area contributed by atoms with Crippen molar-refractivity contribution in [2.75, 3.05) is 20.1 Å². The van der Waals surface area contributed by atoms with Crippen molar-refractivity contribution in [3.8, 4) is 0 Å². The lowest BCUT2D eigenvalue weighted by Crippen LogP contribution is -2.66. The second-order valence-corrected chi connectivity index (χ2v) is 8.74. The molecule has 0 saturated carbocycles. The Hall–Kier alpha value is -2.71. The lowest BCUT2D eigenvalue weighted by Gasteiger charge is -2.42. The number of urea groups is 1. The molecule has 30 heavy (non-hydrogen) atoms. The fourth-order valence-electron chi connectivity index (χ4n) is 4.53. The van der Waals surface area contributed by atoms with Crippen LogP contribution < -0.4 is 5.32 Å². The van der Waals surface area contributed by atoms with E-state index in [4.69, 9.17) is 0 Å². The van der Waals surface area contributed by atoms with Crippen LogP contribution in [0.2, 0.25) is 0 Å². The van der Waals surface area contributed by atoms with Crippen molar-refractivity contribution in [1.29, 1.82) is 0 Å². The monoisotopic (exact) mass is 410 g/mol. The number of fused-ring (bicyclic) bond motifs is 3. The van der Waals surface area contributed by atoms with E-state index in [1.54, 1.807) is 11.9 Å². The van der Waals surface area contributed by atoms with Crippen molar-refractivity contribution in [2.24, 2.45) is 5.10 Å². The highest BCUT2D eigenvalue weighted by Gasteiger charge is 2.56. The summed E-state index contributed by atoms with van der Waals surface area (Å²) >= 11 is 0. The molecular weight excluding hydrogens is 380 g/mol. The zero-order valence-corrected chi connectivity index (χ0v) is 18.3. The van der Waals surface area contributed by atoms with E-state index in [1.165, 1.54) is 4.90 Å². The average Bonchev–Trinajstić information content (AvgIpc) is 3.05. The third-order valence-corrected chi connectivity index (χ3v) is 6.02. The van der Waals surface area contributed by atoms with Crippen LogP contribution in [0.5, 0.6) is 0 Å². The summed E-state index contributed by atoms with van der Waals surface area (Å²) in [6.45, 7) is 13.4. The number of hydrogen-bond acceptors (Lipinski definition) is 6. The number of carbonyl (C=O) groups excluding carboxylic acids is 2. The van der Waals surface area contributed by atoms with Crippen LogP contribution in [0.15, 0.2) is 35.5 Å². The zero-order chi connectivity index (χ0) is 21.7. The molecule has 0 spiro atoms. The van der Waals surface area contributed by atoms with Gasteiger partial charge in [-0.15, -0.1) is 0 Å². The number of benzene rings is 1. The fourth-order valence-corrected chi connectivity index (χ4v) is 4.53. The first-order chi connectivity index (χ1) is 14.2. The van der Waals surface area contributed by atoms with Gasteiger partial charge in [-0.05, 0) is 38.8 Å². The number of hydrazone groups is 1. The molecule has 160 valence electrons. The van der Waals surface area contributed by atoms with Gasteiger partial charge in [0.15, 0.2) is 6.29 Å². The summed E-state index contributed by atoms with van der Waals surface area (Å²) in [4.78, 5) is 31.8. The van der Waals surface area contributed by atoms with Crippen molar-refractivity contribution < 1.29 is 9.59 Å². The van der Waals surface area contributed by atoms with E-state index in [0.29, 0.717) is 13.1 Å².